The smallest absolute Gasteiger partial charge is 0.317 e. The Labute approximate surface area is 138 Å². The number of carbonyl (C=O) groups is 2. The molecule has 1 N–H and O–H groups in total. The van der Waals surface area contributed by atoms with Crippen molar-refractivity contribution in [3.63, 3.8) is 0 Å². The largest absolute Gasteiger partial charge is 0.452 e. The number of carbonyl (C=O) groups excluding carboxylic acids is 2. The minimum absolute atomic E-state index is 0.113. The molecule has 0 aliphatic rings. The van der Waals surface area contributed by atoms with Gasteiger partial charge in [0.2, 0.25) is 0 Å². The summed E-state index contributed by atoms with van der Waals surface area (Å²) >= 11 is 1.33. The van der Waals surface area contributed by atoms with Gasteiger partial charge in [0.25, 0.3) is 5.91 Å². The maximum atomic E-state index is 13.1. The second-order valence-electron chi connectivity index (χ2n) is 4.73. The third-order valence-corrected chi connectivity index (χ3v) is 3.86. The van der Waals surface area contributed by atoms with E-state index in [0.29, 0.717) is 5.69 Å². The number of amides is 1. The molecule has 0 unspecified atom stereocenters. The highest BCUT2D eigenvalue weighted by Gasteiger charge is 2.18. The van der Waals surface area contributed by atoms with Gasteiger partial charge in [0, 0.05) is 10.6 Å². The standard InChI is InChI=1S/C17H16FNO3S/c1-12(17(21)19-14-7-5-6-13(18)10-14)22-16(20)11-23-15-8-3-2-4-9-15/h2-10,12H,11H2,1H3,(H,19,21)/t12-/m1/s1. The van der Waals surface area contributed by atoms with Crippen molar-refractivity contribution in [2.75, 3.05) is 11.1 Å². The predicted molar refractivity (Wildman–Crippen MR) is 87.7 cm³/mol. The molecule has 23 heavy (non-hydrogen) atoms. The molecule has 0 bridgehead atoms. The Morgan fingerprint density at radius 1 is 1.17 bits per heavy atom. The van der Waals surface area contributed by atoms with Crippen LogP contribution in [0, 0.1) is 5.82 Å². The fourth-order valence-electron chi connectivity index (χ4n) is 1.75. The summed E-state index contributed by atoms with van der Waals surface area (Å²) in [5, 5.41) is 2.50. The Morgan fingerprint density at radius 3 is 2.61 bits per heavy atom. The monoisotopic (exact) mass is 333 g/mol. The summed E-state index contributed by atoms with van der Waals surface area (Å²) in [5.41, 5.74) is 0.316. The van der Waals surface area contributed by atoms with Crippen LogP contribution in [-0.2, 0) is 14.3 Å². The Kier molecular flexibility index (Phi) is 6.17. The molecule has 0 spiro atoms. The number of esters is 1. The number of benzene rings is 2. The van der Waals surface area contributed by atoms with Crippen molar-refractivity contribution in [1.29, 1.82) is 0 Å². The summed E-state index contributed by atoms with van der Waals surface area (Å²) in [7, 11) is 0. The Morgan fingerprint density at radius 2 is 1.91 bits per heavy atom. The van der Waals surface area contributed by atoms with E-state index in [2.05, 4.69) is 5.32 Å². The highest BCUT2D eigenvalue weighted by molar-refractivity contribution is 8.00. The summed E-state index contributed by atoms with van der Waals surface area (Å²) in [6, 6.07) is 14.9. The number of hydrogen-bond donors (Lipinski definition) is 1. The van der Waals surface area contributed by atoms with Gasteiger partial charge in [-0.3, -0.25) is 9.59 Å². The quantitative estimate of drug-likeness (QED) is 0.649. The Balaban J connectivity index is 1.79. The van der Waals surface area contributed by atoms with Gasteiger partial charge in [0.05, 0.1) is 5.75 Å². The van der Waals surface area contributed by atoms with E-state index in [-0.39, 0.29) is 5.75 Å². The van der Waals surface area contributed by atoms with Gasteiger partial charge < -0.3 is 10.1 Å². The van der Waals surface area contributed by atoms with Gasteiger partial charge >= 0.3 is 5.97 Å². The number of anilines is 1. The Bertz CT molecular complexity index is 679. The molecule has 120 valence electrons. The van der Waals surface area contributed by atoms with Crippen molar-refractivity contribution < 1.29 is 18.7 Å². The van der Waals surface area contributed by atoms with Crippen LogP contribution >= 0.6 is 11.8 Å². The number of halogens is 1. The first kappa shape index (κ1) is 17.0. The number of thioether (sulfide) groups is 1. The third kappa shape index (κ3) is 5.75. The molecule has 0 saturated heterocycles. The van der Waals surface area contributed by atoms with E-state index in [0.717, 1.165) is 4.90 Å². The lowest BCUT2D eigenvalue weighted by atomic mass is 10.3. The van der Waals surface area contributed by atoms with Crippen LogP contribution in [0.5, 0.6) is 0 Å². The molecule has 2 aromatic carbocycles. The number of hydrogen-bond acceptors (Lipinski definition) is 4. The van der Waals surface area contributed by atoms with Crippen molar-refractivity contribution >= 4 is 29.3 Å². The van der Waals surface area contributed by atoms with Crippen LogP contribution in [0.4, 0.5) is 10.1 Å². The van der Waals surface area contributed by atoms with Crippen molar-refractivity contribution in [3.8, 4) is 0 Å². The summed E-state index contributed by atoms with van der Waals surface area (Å²) in [5.74, 6) is -1.33. The van der Waals surface area contributed by atoms with Crippen molar-refractivity contribution in [3.05, 3.63) is 60.4 Å². The van der Waals surface area contributed by atoms with Crippen molar-refractivity contribution in [2.24, 2.45) is 0 Å². The average molecular weight is 333 g/mol. The molecule has 0 aromatic heterocycles. The summed E-state index contributed by atoms with van der Waals surface area (Å²) < 4.78 is 18.1. The normalized spacial score (nSPS) is 11.6. The summed E-state index contributed by atoms with van der Waals surface area (Å²) in [6.07, 6.45) is -0.956. The Hall–Kier alpha value is -2.34. The van der Waals surface area contributed by atoms with Crippen LogP contribution in [0.15, 0.2) is 59.5 Å². The molecule has 0 saturated carbocycles. The zero-order valence-corrected chi connectivity index (χ0v) is 13.3. The molecule has 4 nitrogen and oxygen atoms in total. The molecule has 0 radical (unpaired) electrons. The number of nitrogens with one attached hydrogen (secondary N) is 1. The highest BCUT2D eigenvalue weighted by atomic mass is 32.2. The average Bonchev–Trinajstić information content (AvgIpc) is 2.54. The first-order valence-corrected chi connectivity index (χ1v) is 7.97. The van der Waals surface area contributed by atoms with Gasteiger partial charge in [-0.05, 0) is 37.3 Å². The molecule has 0 fully saturated rings. The molecule has 0 heterocycles. The van der Waals surface area contributed by atoms with Gasteiger partial charge in [0.1, 0.15) is 5.82 Å². The zero-order valence-electron chi connectivity index (χ0n) is 12.5. The van der Waals surface area contributed by atoms with Crippen LogP contribution in [0.1, 0.15) is 6.92 Å². The van der Waals surface area contributed by atoms with Crippen molar-refractivity contribution in [1.82, 2.24) is 0 Å². The van der Waals surface area contributed by atoms with Crippen LogP contribution in [-0.4, -0.2) is 23.7 Å². The molecule has 6 heteroatoms. The highest BCUT2D eigenvalue weighted by Crippen LogP contribution is 2.17. The molecule has 0 aliphatic carbocycles. The fourth-order valence-corrected chi connectivity index (χ4v) is 2.46. The van der Waals surface area contributed by atoms with Crippen LogP contribution in [0.2, 0.25) is 0 Å². The fraction of sp³-hybridized carbons (Fsp3) is 0.176. The molecular weight excluding hydrogens is 317 g/mol. The SMILES string of the molecule is C[C@@H](OC(=O)CSc1ccccc1)C(=O)Nc1cccc(F)c1. The minimum Gasteiger partial charge on any atom is -0.452 e. The van der Waals surface area contributed by atoms with Gasteiger partial charge in [-0.1, -0.05) is 24.3 Å². The van der Waals surface area contributed by atoms with Crippen LogP contribution < -0.4 is 5.32 Å². The lowest BCUT2D eigenvalue weighted by Gasteiger charge is -2.13. The van der Waals surface area contributed by atoms with E-state index < -0.39 is 23.8 Å². The van der Waals surface area contributed by atoms with E-state index in [1.165, 1.54) is 36.9 Å². The van der Waals surface area contributed by atoms with E-state index in [9.17, 15) is 14.0 Å². The summed E-state index contributed by atoms with van der Waals surface area (Å²) in [4.78, 5) is 24.6. The second-order valence-corrected chi connectivity index (χ2v) is 5.78. The van der Waals surface area contributed by atoms with Crippen LogP contribution in [0.3, 0.4) is 0 Å². The zero-order chi connectivity index (χ0) is 16.7. The summed E-state index contributed by atoms with van der Waals surface area (Å²) in [6.45, 7) is 1.47. The van der Waals surface area contributed by atoms with Gasteiger partial charge in [-0.2, -0.15) is 0 Å². The van der Waals surface area contributed by atoms with Crippen LogP contribution in [0.25, 0.3) is 0 Å². The first-order valence-electron chi connectivity index (χ1n) is 6.98. The molecule has 1 amide bonds. The van der Waals surface area contributed by atoms with Gasteiger partial charge in [-0.15, -0.1) is 11.8 Å². The topological polar surface area (TPSA) is 55.4 Å². The lowest BCUT2D eigenvalue weighted by molar-refractivity contribution is -0.150. The van der Waals surface area contributed by atoms with E-state index in [1.807, 2.05) is 30.3 Å². The molecule has 2 aromatic rings. The second kappa shape index (κ2) is 8.33. The molecule has 2 rings (SSSR count). The maximum absolute atomic E-state index is 13.1. The van der Waals surface area contributed by atoms with Gasteiger partial charge in [-0.25, -0.2) is 4.39 Å². The minimum atomic E-state index is -0.956. The predicted octanol–water partition coefficient (Wildman–Crippen LogP) is 3.49. The molecule has 0 aliphatic heterocycles. The third-order valence-electron chi connectivity index (χ3n) is 2.87. The first-order chi connectivity index (χ1) is 11.0. The van der Waals surface area contributed by atoms with Crippen molar-refractivity contribution in [2.45, 2.75) is 17.9 Å². The van der Waals surface area contributed by atoms with E-state index in [4.69, 9.17) is 4.74 Å². The molecular formula is C17H16FNO3S. The number of ether oxygens (including phenoxy) is 1. The maximum Gasteiger partial charge on any atom is 0.317 e. The number of rotatable bonds is 6. The molecule has 1 atom stereocenters. The van der Waals surface area contributed by atoms with Gasteiger partial charge in [0.15, 0.2) is 6.10 Å². The van der Waals surface area contributed by atoms with E-state index in [1.54, 1.807) is 6.07 Å². The van der Waals surface area contributed by atoms with E-state index >= 15 is 0 Å². The lowest BCUT2D eigenvalue weighted by Crippen LogP contribution is -2.30.